The van der Waals surface area contributed by atoms with E-state index in [9.17, 15) is 18.0 Å². The van der Waals surface area contributed by atoms with Crippen LogP contribution in [0.4, 0.5) is 18.9 Å². The molecule has 0 saturated heterocycles. The molecule has 2 aliphatic rings. The van der Waals surface area contributed by atoms with Crippen molar-refractivity contribution < 1.29 is 18.0 Å². The SMILES string of the molecule is CSCN1CN(C2CCC(CNCC(F)(F)F)CC2)c2c(cnc3[nH]ccc23)C1=O. The van der Waals surface area contributed by atoms with Gasteiger partial charge in [-0.15, -0.1) is 11.8 Å². The quantitative estimate of drug-likeness (QED) is 0.714. The number of H-pyrrole nitrogens is 1. The molecule has 4 rings (SSSR count). The second-order valence-electron chi connectivity index (χ2n) is 8.06. The van der Waals surface area contributed by atoms with E-state index >= 15 is 0 Å². The molecule has 164 valence electrons. The smallest absolute Gasteiger partial charge is 0.349 e. The molecule has 2 aromatic heterocycles. The van der Waals surface area contributed by atoms with Crippen LogP contribution in [-0.2, 0) is 0 Å². The number of halogens is 3. The van der Waals surface area contributed by atoms with Gasteiger partial charge in [0.2, 0.25) is 0 Å². The molecule has 0 atom stereocenters. The van der Waals surface area contributed by atoms with Gasteiger partial charge in [-0.25, -0.2) is 4.98 Å². The Kier molecular flexibility index (Phi) is 6.15. The molecule has 2 aromatic rings. The van der Waals surface area contributed by atoms with Crippen molar-refractivity contribution >= 4 is 34.4 Å². The number of fused-ring (bicyclic) bond motifs is 3. The highest BCUT2D eigenvalue weighted by Gasteiger charge is 2.36. The summed E-state index contributed by atoms with van der Waals surface area (Å²) in [5.74, 6) is 0.856. The van der Waals surface area contributed by atoms with Gasteiger partial charge in [0, 0.05) is 23.8 Å². The van der Waals surface area contributed by atoms with Crippen molar-refractivity contribution in [2.75, 3.05) is 36.8 Å². The number of rotatable bonds is 6. The lowest BCUT2D eigenvalue weighted by molar-refractivity contribution is -0.125. The average Bonchev–Trinajstić information content (AvgIpc) is 3.19. The first-order chi connectivity index (χ1) is 14.4. The molecule has 0 radical (unpaired) electrons. The first-order valence-electron chi connectivity index (χ1n) is 10.2. The monoisotopic (exact) mass is 441 g/mol. The predicted molar refractivity (Wildman–Crippen MR) is 113 cm³/mol. The molecular weight excluding hydrogens is 415 g/mol. The highest BCUT2D eigenvalue weighted by molar-refractivity contribution is 7.98. The third kappa shape index (κ3) is 4.39. The fraction of sp³-hybridized carbons (Fsp3) is 0.600. The van der Waals surface area contributed by atoms with E-state index in [0.29, 0.717) is 24.7 Å². The largest absolute Gasteiger partial charge is 0.401 e. The molecule has 1 fully saturated rings. The van der Waals surface area contributed by atoms with Crippen molar-refractivity contribution in [3.05, 3.63) is 24.0 Å². The molecule has 1 aliphatic heterocycles. The Bertz CT molecular complexity index is 894. The zero-order valence-corrected chi connectivity index (χ0v) is 17.7. The van der Waals surface area contributed by atoms with E-state index < -0.39 is 12.7 Å². The molecule has 0 aromatic carbocycles. The standard InChI is InChI=1S/C20H26F3N5OS/c1-30-12-27-11-28(14-4-2-13(3-5-14)8-24-10-20(21,22)23)17-15-6-7-25-18(15)26-9-16(17)19(27)29/h6-7,9,13-14,24H,2-5,8,10-12H2,1H3,(H,25,26). The van der Waals surface area contributed by atoms with Gasteiger partial charge in [-0.1, -0.05) is 0 Å². The van der Waals surface area contributed by atoms with Gasteiger partial charge in [0.05, 0.1) is 30.3 Å². The van der Waals surface area contributed by atoms with Gasteiger partial charge in [-0.2, -0.15) is 13.2 Å². The van der Waals surface area contributed by atoms with E-state index in [-0.39, 0.29) is 17.9 Å². The predicted octanol–water partition coefficient (Wildman–Crippen LogP) is 3.81. The Morgan fingerprint density at radius 1 is 1.30 bits per heavy atom. The van der Waals surface area contributed by atoms with Crippen molar-refractivity contribution in [3.63, 3.8) is 0 Å². The molecule has 1 amide bonds. The molecule has 2 N–H and O–H groups in total. The highest BCUT2D eigenvalue weighted by Crippen LogP contribution is 2.39. The first-order valence-corrected chi connectivity index (χ1v) is 11.5. The van der Waals surface area contributed by atoms with E-state index in [0.717, 1.165) is 42.4 Å². The van der Waals surface area contributed by atoms with E-state index in [1.807, 2.05) is 23.4 Å². The van der Waals surface area contributed by atoms with E-state index in [1.165, 1.54) is 0 Å². The fourth-order valence-electron chi connectivity index (χ4n) is 4.58. The number of hydrogen-bond donors (Lipinski definition) is 2. The topological polar surface area (TPSA) is 64.3 Å². The summed E-state index contributed by atoms with van der Waals surface area (Å²) in [7, 11) is 0. The van der Waals surface area contributed by atoms with Crippen LogP contribution in [0.5, 0.6) is 0 Å². The molecule has 1 saturated carbocycles. The van der Waals surface area contributed by atoms with Gasteiger partial charge in [0.15, 0.2) is 0 Å². The van der Waals surface area contributed by atoms with Crippen molar-refractivity contribution in [1.29, 1.82) is 0 Å². The second kappa shape index (κ2) is 8.66. The van der Waals surface area contributed by atoms with E-state index in [4.69, 9.17) is 0 Å². The lowest BCUT2D eigenvalue weighted by Gasteiger charge is -2.44. The van der Waals surface area contributed by atoms with Crippen LogP contribution in [0, 0.1) is 5.92 Å². The number of alkyl halides is 3. The molecule has 6 nitrogen and oxygen atoms in total. The van der Waals surface area contributed by atoms with Gasteiger partial charge in [0.25, 0.3) is 5.91 Å². The molecule has 3 heterocycles. The van der Waals surface area contributed by atoms with Crippen LogP contribution in [0.2, 0.25) is 0 Å². The number of nitrogens with zero attached hydrogens (tertiary/aromatic N) is 3. The Balaban J connectivity index is 1.51. The summed E-state index contributed by atoms with van der Waals surface area (Å²) in [6.45, 7) is -0.0127. The summed E-state index contributed by atoms with van der Waals surface area (Å²) in [6.07, 6.45) is 4.83. The van der Waals surface area contributed by atoms with E-state index in [1.54, 1.807) is 18.0 Å². The fourth-order valence-corrected chi connectivity index (χ4v) is 5.09. The van der Waals surface area contributed by atoms with Gasteiger partial charge < -0.3 is 20.1 Å². The maximum absolute atomic E-state index is 13.0. The van der Waals surface area contributed by atoms with Crippen LogP contribution < -0.4 is 10.2 Å². The summed E-state index contributed by atoms with van der Waals surface area (Å²) in [6, 6.07) is 2.21. The minimum atomic E-state index is -4.17. The third-order valence-electron chi connectivity index (χ3n) is 5.99. The van der Waals surface area contributed by atoms with Crippen LogP contribution in [0.25, 0.3) is 11.0 Å². The van der Waals surface area contributed by atoms with Crippen molar-refractivity contribution in [2.45, 2.75) is 37.9 Å². The van der Waals surface area contributed by atoms with Crippen LogP contribution >= 0.6 is 11.8 Å². The third-order valence-corrected chi connectivity index (χ3v) is 6.56. The molecule has 0 bridgehead atoms. The lowest BCUT2D eigenvalue weighted by Crippen LogP contribution is -2.51. The zero-order valence-electron chi connectivity index (χ0n) is 16.8. The van der Waals surface area contributed by atoms with Gasteiger partial charge >= 0.3 is 6.18 Å². The number of thioether (sulfide) groups is 1. The summed E-state index contributed by atoms with van der Waals surface area (Å²) >= 11 is 1.60. The van der Waals surface area contributed by atoms with Crippen molar-refractivity contribution in [3.8, 4) is 0 Å². The van der Waals surface area contributed by atoms with Gasteiger partial charge in [0.1, 0.15) is 5.65 Å². The number of amides is 1. The Morgan fingerprint density at radius 2 is 2.07 bits per heavy atom. The maximum Gasteiger partial charge on any atom is 0.401 e. The number of hydrogen-bond acceptors (Lipinski definition) is 5. The van der Waals surface area contributed by atoms with Gasteiger partial charge in [-0.3, -0.25) is 4.79 Å². The average molecular weight is 442 g/mol. The van der Waals surface area contributed by atoms with E-state index in [2.05, 4.69) is 20.2 Å². The Hall–Kier alpha value is -1.94. The number of pyridine rings is 1. The normalized spacial score (nSPS) is 22.6. The number of aromatic nitrogens is 2. The molecule has 10 heteroatoms. The van der Waals surface area contributed by atoms with Gasteiger partial charge in [-0.05, 0) is 50.5 Å². The molecule has 1 aliphatic carbocycles. The summed E-state index contributed by atoms with van der Waals surface area (Å²) in [4.78, 5) is 24.7. The zero-order chi connectivity index (χ0) is 21.3. The van der Waals surface area contributed by atoms with Crippen LogP contribution in [0.15, 0.2) is 18.5 Å². The first kappa shape index (κ1) is 21.3. The minimum Gasteiger partial charge on any atom is -0.349 e. The number of carbonyl (C=O) groups excluding carboxylic acids is 1. The molecular formula is C20H26F3N5OS. The summed E-state index contributed by atoms with van der Waals surface area (Å²) < 4.78 is 37.1. The number of carbonyl (C=O) groups is 1. The molecule has 0 spiro atoms. The van der Waals surface area contributed by atoms with Crippen LogP contribution in [0.3, 0.4) is 0 Å². The Morgan fingerprint density at radius 3 is 2.77 bits per heavy atom. The number of aromatic amines is 1. The summed E-state index contributed by atoms with van der Waals surface area (Å²) in [5, 5.41) is 3.49. The van der Waals surface area contributed by atoms with Crippen molar-refractivity contribution in [2.24, 2.45) is 5.92 Å². The minimum absolute atomic E-state index is 0.00348. The lowest BCUT2D eigenvalue weighted by atomic mass is 9.84. The maximum atomic E-state index is 13.0. The number of anilines is 1. The van der Waals surface area contributed by atoms with Crippen LogP contribution in [-0.4, -0.2) is 64.9 Å². The van der Waals surface area contributed by atoms with Crippen LogP contribution in [0.1, 0.15) is 36.0 Å². The molecule has 0 unspecified atom stereocenters. The second-order valence-corrected chi connectivity index (χ2v) is 8.89. The molecule has 30 heavy (non-hydrogen) atoms. The Labute approximate surface area is 177 Å². The van der Waals surface area contributed by atoms with Crippen molar-refractivity contribution in [1.82, 2.24) is 20.2 Å². The highest BCUT2D eigenvalue weighted by atomic mass is 32.2. The summed E-state index contributed by atoms with van der Waals surface area (Å²) in [5.41, 5.74) is 2.31. The number of nitrogens with one attached hydrogen (secondary N) is 2.